The molecule has 0 atom stereocenters. The van der Waals surface area contributed by atoms with Gasteiger partial charge in [0, 0.05) is 24.2 Å². The minimum absolute atomic E-state index is 0.792. The molecule has 0 aliphatic carbocycles. The van der Waals surface area contributed by atoms with Crippen LogP contribution in [0.1, 0.15) is 24.9 Å². The second-order valence-electron chi connectivity index (χ2n) is 4.72. The van der Waals surface area contributed by atoms with Crippen LogP contribution in [0.2, 0.25) is 0 Å². The Bertz CT molecular complexity index is 685. The molecule has 3 nitrogen and oxygen atoms in total. The number of hydrogen-bond donors (Lipinski definition) is 0. The third kappa shape index (κ3) is 2.50. The molecule has 0 unspecified atom stereocenters. The van der Waals surface area contributed by atoms with E-state index in [9.17, 15) is 0 Å². The highest BCUT2D eigenvalue weighted by atomic mass is 15.1. The normalized spacial score (nSPS) is 11.0. The van der Waals surface area contributed by atoms with E-state index in [2.05, 4.69) is 40.7 Å². The lowest BCUT2D eigenvalue weighted by Gasteiger charge is -2.07. The third-order valence-electron chi connectivity index (χ3n) is 3.26. The number of imidazole rings is 1. The van der Waals surface area contributed by atoms with Gasteiger partial charge in [-0.3, -0.25) is 4.98 Å². The van der Waals surface area contributed by atoms with E-state index in [0.29, 0.717) is 0 Å². The van der Waals surface area contributed by atoms with E-state index in [-0.39, 0.29) is 0 Å². The van der Waals surface area contributed by atoms with Gasteiger partial charge in [-0.05, 0) is 18.6 Å². The van der Waals surface area contributed by atoms with Gasteiger partial charge in [0.05, 0.1) is 17.8 Å². The summed E-state index contributed by atoms with van der Waals surface area (Å²) < 4.78 is 2.18. The van der Waals surface area contributed by atoms with Crippen molar-refractivity contribution < 1.29 is 0 Å². The number of pyridine rings is 1. The van der Waals surface area contributed by atoms with Gasteiger partial charge in [-0.15, -0.1) is 0 Å². The Hall–Kier alpha value is -2.16. The summed E-state index contributed by atoms with van der Waals surface area (Å²) in [5.41, 5.74) is 2.13. The van der Waals surface area contributed by atoms with Crippen molar-refractivity contribution in [3.8, 4) is 0 Å². The van der Waals surface area contributed by atoms with Gasteiger partial charge >= 0.3 is 0 Å². The molecule has 3 aromatic rings. The minimum atomic E-state index is 0.792. The second kappa shape index (κ2) is 5.22. The largest absolute Gasteiger partial charge is 0.329 e. The fraction of sp³-hybridized carbons (Fsp3) is 0.250. The van der Waals surface area contributed by atoms with E-state index in [1.54, 1.807) is 0 Å². The average Bonchev–Trinajstić information content (AvgIpc) is 2.86. The summed E-state index contributed by atoms with van der Waals surface area (Å²) in [6.07, 6.45) is 6.02. The zero-order valence-electron chi connectivity index (χ0n) is 11.1. The fourth-order valence-corrected chi connectivity index (χ4v) is 2.31. The van der Waals surface area contributed by atoms with Gasteiger partial charge in [-0.1, -0.05) is 31.2 Å². The fourth-order valence-electron chi connectivity index (χ4n) is 2.31. The van der Waals surface area contributed by atoms with Crippen LogP contribution in [0, 0.1) is 0 Å². The maximum Gasteiger partial charge on any atom is 0.108 e. The number of nitrogens with zero attached hydrogens (tertiary/aromatic N) is 3. The highest BCUT2D eigenvalue weighted by Crippen LogP contribution is 2.13. The lowest BCUT2D eigenvalue weighted by Crippen LogP contribution is -2.05. The van der Waals surface area contributed by atoms with E-state index in [0.717, 1.165) is 36.4 Å². The van der Waals surface area contributed by atoms with Crippen LogP contribution in [0.25, 0.3) is 10.9 Å². The molecule has 2 heterocycles. The maximum absolute atomic E-state index is 4.70. The summed E-state index contributed by atoms with van der Waals surface area (Å²) in [7, 11) is 0. The van der Waals surface area contributed by atoms with E-state index in [1.807, 2.05) is 24.5 Å². The molecule has 0 aliphatic heterocycles. The van der Waals surface area contributed by atoms with Crippen LogP contribution in [0.3, 0.4) is 0 Å². The van der Waals surface area contributed by atoms with Crippen LogP contribution in [0.5, 0.6) is 0 Å². The summed E-state index contributed by atoms with van der Waals surface area (Å²) >= 11 is 0. The Morgan fingerprint density at radius 2 is 2.00 bits per heavy atom. The van der Waals surface area contributed by atoms with Crippen molar-refractivity contribution in [1.29, 1.82) is 0 Å². The monoisotopic (exact) mass is 251 g/mol. The van der Waals surface area contributed by atoms with Crippen molar-refractivity contribution >= 4 is 10.9 Å². The molecular formula is C16H17N3. The topological polar surface area (TPSA) is 30.7 Å². The van der Waals surface area contributed by atoms with Crippen LogP contribution < -0.4 is 0 Å². The van der Waals surface area contributed by atoms with E-state index < -0.39 is 0 Å². The van der Waals surface area contributed by atoms with Gasteiger partial charge in [-0.2, -0.15) is 0 Å². The van der Waals surface area contributed by atoms with Crippen LogP contribution in [-0.4, -0.2) is 14.5 Å². The smallest absolute Gasteiger partial charge is 0.108 e. The van der Waals surface area contributed by atoms with Crippen LogP contribution in [0.4, 0.5) is 0 Å². The predicted octanol–water partition coefficient (Wildman–Crippen LogP) is 3.43. The van der Waals surface area contributed by atoms with Crippen molar-refractivity contribution in [3.63, 3.8) is 0 Å². The summed E-state index contributed by atoms with van der Waals surface area (Å²) in [4.78, 5) is 9.10. The second-order valence-corrected chi connectivity index (χ2v) is 4.72. The Morgan fingerprint density at radius 1 is 1.11 bits per heavy atom. The van der Waals surface area contributed by atoms with E-state index in [4.69, 9.17) is 4.98 Å². The highest BCUT2D eigenvalue weighted by Gasteiger charge is 2.04. The third-order valence-corrected chi connectivity index (χ3v) is 3.26. The standard InChI is InChI=1S/C16H17N3/c1-2-5-16-17-10-11-19(16)12-14-9-8-13-6-3-4-7-15(13)18-14/h3-4,6-11H,2,5,12H2,1H3. The van der Waals surface area contributed by atoms with Crippen molar-refractivity contribution in [2.45, 2.75) is 26.3 Å². The van der Waals surface area contributed by atoms with E-state index in [1.165, 1.54) is 5.39 Å². The Morgan fingerprint density at radius 3 is 2.89 bits per heavy atom. The lowest BCUT2D eigenvalue weighted by atomic mass is 10.2. The van der Waals surface area contributed by atoms with Gasteiger partial charge in [-0.25, -0.2) is 4.98 Å². The Kier molecular flexibility index (Phi) is 3.27. The number of rotatable bonds is 4. The molecule has 0 saturated carbocycles. The summed E-state index contributed by atoms with van der Waals surface area (Å²) in [5.74, 6) is 1.14. The Labute approximate surface area is 112 Å². The molecule has 0 fully saturated rings. The zero-order chi connectivity index (χ0) is 13.1. The number of hydrogen-bond acceptors (Lipinski definition) is 2. The van der Waals surface area contributed by atoms with Gasteiger partial charge < -0.3 is 4.57 Å². The number of para-hydroxylation sites is 1. The van der Waals surface area contributed by atoms with Crippen molar-refractivity contribution in [2.75, 3.05) is 0 Å². The molecule has 3 heteroatoms. The molecule has 0 amide bonds. The number of benzene rings is 1. The molecule has 2 aromatic heterocycles. The quantitative estimate of drug-likeness (QED) is 0.711. The first-order chi connectivity index (χ1) is 9.36. The van der Waals surface area contributed by atoms with Crippen molar-refractivity contribution in [1.82, 2.24) is 14.5 Å². The average molecular weight is 251 g/mol. The summed E-state index contributed by atoms with van der Waals surface area (Å²) in [5, 5.41) is 1.19. The van der Waals surface area contributed by atoms with Crippen molar-refractivity contribution in [3.05, 3.63) is 60.3 Å². The molecule has 96 valence electrons. The summed E-state index contributed by atoms with van der Waals surface area (Å²) in [6.45, 7) is 2.97. The van der Waals surface area contributed by atoms with Crippen LogP contribution in [-0.2, 0) is 13.0 Å². The first kappa shape index (κ1) is 11.9. The molecule has 0 bridgehead atoms. The van der Waals surface area contributed by atoms with Crippen LogP contribution >= 0.6 is 0 Å². The molecule has 0 radical (unpaired) electrons. The SMILES string of the molecule is CCCc1nccn1Cc1ccc2ccccc2n1. The first-order valence-corrected chi connectivity index (χ1v) is 6.71. The number of aromatic nitrogens is 3. The molecule has 0 spiro atoms. The van der Waals surface area contributed by atoms with Crippen LogP contribution in [0.15, 0.2) is 48.8 Å². The molecule has 19 heavy (non-hydrogen) atoms. The lowest BCUT2D eigenvalue weighted by molar-refractivity contribution is 0.695. The highest BCUT2D eigenvalue weighted by molar-refractivity contribution is 5.78. The van der Waals surface area contributed by atoms with Gasteiger partial charge in [0.25, 0.3) is 0 Å². The molecule has 0 N–H and O–H groups in total. The van der Waals surface area contributed by atoms with Gasteiger partial charge in [0.2, 0.25) is 0 Å². The van der Waals surface area contributed by atoms with E-state index >= 15 is 0 Å². The summed E-state index contributed by atoms with van der Waals surface area (Å²) in [6, 6.07) is 12.4. The van der Waals surface area contributed by atoms with Crippen molar-refractivity contribution in [2.24, 2.45) is 0 Å². The number of aryl methyl sites for hydroxylation is 1. The zero-order valence-corrected chi connectivity index (χ0v) is 11.1. The Balaban J connectivity index is 1.90. The molecule has 0 aliphatic rings. The van der Waals surface area contributed by atoms with Gasteiger partial charge in [0.15, 0.2) is 0 Å². The minimum Gasteiger partial charge on any atom is -0.329 e. The molecule has 1 aromatic carbocycles. The number of fused-ring (bicyclic) bond motifs is 1. The molecule has 0 saturated heterocycles. The molecule has 3 rings (SSSR count). The first-order valence-electron chi connectivity index (χ1n) is 6.71. The maximum atomic E-state index is 4.70. The van der Waals surface area contributed by atoms with Gasteiger partial charge in [0.1, 0.15) is 5.82 Å². The molecular weight excluding hydrogens is 234 g/mol. The predicted molar refractivity (Wildman–Crippen MR) is 77.1 cm³/mol.